The summed E-state index contributed by atoms with van der Waals surface area (Å²) in [5, 5.41) is 0. The van der Waals surface area contributed by atoms with Crippen LogP contribution in [0.5, 0.6) is 0 Å². The first kappa shape index (κ1) is 29.3. The lowest BCUT2D eigenvalue weighted by Crippen LogP contribution is -1.92. The molecule has 0 heterocycles. The summed E-state index contributed by atoms with van der Waals surface area (Å²) in [6.07, 6.45) is 3.82. The lowest BCUT2D eigenvalue weighted by molar-refractivity contribution is 1.15. The summed E-state index contributed by atoms with van der Waals surface area (Å²) in [5.74, 6) is 0. The van der Waals surface area contributed by atoms with E-state index in [-0.39, 0.29) is 0 Å². The molecule has 0 fully saturated rings. The van der Waals surface area contributed by atoms with Crippen LogP contribution in [0.1, 0.15) is 44.5 Å². The van der Waals surface area contributed by atoms with Crippen LogP contribution in [-0.2, 0) is 25.7 Å². The summed E-state index contributed by atoms with van der Waals surface area (Å²) < 4.78 is 0. The standard InChI is InChI=1S/C46H38/c1-3-7-35(8-4-1)31-39-15-23-43(24-16-39)45-27-19-41(20-28-45)33-37-11-13-38(14-12-37)34-42-21-29-46(30-22-42)44-25-17-40(18-26-44)32-36-9-5-2-6-10-36/h1-30H,31-34H2. The van der Waals surface area contributed by atoms with Crippen molar-refractivity contribution in [2.45, 2.75) is 25.7 Å². The summed E-state index contributed by atoms with van der Waals surface area (Å²) in [5.41, 5.74) is 15.8. The van der Waals surface area contributed by atoms with Crippen LogP contribution in [0.3, 0.4) is 0 Å². The van der Waals surface area contributed by atoms with Crippen LogP contribution in [0.2, 0.25) is 0 Å². The molecule has 46 heavy (non-hydrogen) atoms. The zero-order valence-corrected chi connectivity index (χ0v) is 26.1. The molecule has 0 saturated heterocycles. The van der Waals surface area contributed by atoms with Gasteiger partial charge in [0, 0.05) is 0 Å². The molecule has 7 aromatic carbocycles. The molecular weight excluding hydrogens is 553 g/mol. The molecule has 0 heteroatoms. The Kier molecular flexibility index (Phi) is 8.97. The zero-order valence-electron chi connectivity index (χ0n) is 26.1. The van der Waals surface area contributed by atoms with Crippen molar-refractivity contribution in [2.75, 3.05) is 0 Å². The van der Waals surface area contributed by atoms with Gasteiger partial charge in [-0.1, -0.05) is 182 Å². The first-order valence-corrected chi connectivity index (χ1v) is 16.3. The Morgan fingerprint density at radius 2 is 0.348 bits per heavy atom. The van der Waals surface area contributed by atoms with Crippen LogP contribution in [0.15, 0.2) is 182 Å². The quantitative estimate of drug-likeness (QED) is 0.149. The minimum absolute atomic E-state index is 0.940. The largest absolute Gasteiger partial charge is 0.0622 e. The Labute approximate surface area is 273 Å². The van der Waals surface area contributed by atoms with E-state index in [1.165, 1.54) is 66.8 Å². The van der Waals surface area contributed by atoms with E-state index in [1.807, 2.05) is 0 Å². The van der Waals surface area contributed by atoms with Gasteiger partial charge in [-0.05, 0) is 92.4 Å². The smallest absolute Gasteiger partial charge is 0.00258 e. The fourth-order valence-electron chi connectivity index (χ4n) is 6.17. The Morgan fingerprint density at radius 3 is 0.565 bits per heavy atom. The van der Waals surface area contributed by atoms with Crippen molar-refractivity contribution >= 4 is 0 Å². The first-order valence-electron chi connectivity index (χ1n) is 16.3. The molecule has 0 radical (unpaired) electrons. The van der Waals surface area contributed by atoms with Crippen LogP contribution in [0, 0.1) is 0 Å². The van der Waals surface area contributed by atoms with E-state index in [9.17, 15) is 0 Å². The minimum atomic E-state index is 0.940. The van der Waals surface area contributed by atoms with Crippen LogP contribution in [0.4, 0.5) is 0 Å². The third-order valence-electron chi connectivity index (χ3n) is 8.82. The zero-order chi connectivity index (χ0) is 31.0. The van der Waals surface area contributed by atoms with Gasteiger partial charge >= 0.3 is 0 Å². The minimum Gasteiger partial charge on any atom is -0.0622 e. The van der Waals surface area contributed by atoms with Gasteiger partial charge < -0.3 is 0 Å². The summed E-state index contributed by atoms with van der Waals surface area (Å²) in [7, 11) is 0. The molecule has 0 N–H and O–H groups in total. The molecule has 7 aromatic rings. The van der Waals surface area contributed by atoms with Gasteiger partial charge in [-0.3, -0.25) is 0 Å². The van der Waals surface area contributed by atoms with Gasteiger partial charge in [0.1, 0.15) is 0 Å². The molecule has 0 spiro atoms. The molecular formula is C46H38. The van der Waals surface area contributed by atoms with Gasteiger partial charge in [0.15, 0.2) is 0 Å². The number of hydrogen-bond acceptors (Lipinski definition) is 0. The summed E-state index contributed by atoms with van der Waals surface area (Å²) in [6.45, 7) is 0. The highest BCUT2D eigenvalue weighted by molar-refractivity contribution is 5.65. The van der Waals surface area contributed by atoms with Crippen molar-refractivity contribution in [1.82, 2.24) is 0 Å². The Balaban J connectivity index is 0.920. The monoisotopic (exact) mass is 590 g/mol. The van der Waals surface area contributed by atoms with Gasteiger partial charge in [-0.25, -0.2) is 0 Å². The molecule has 0 saturated carbocycles. The van der Waals surface area contributed by atoms with E-state index in [0.717, 1.165) is 25.7 Å². The fourth-order valence-corrected chi connectivity index (χ4v) is 6.17. The highest BCUT2D eigenvalue weighted by Crippen LogP contribution is 2.24. The number of hydrogen-bond donors (Lipinski definition) is 0. The number of benzene rings is 7. The average Bonchev–Trinajstić information content (AvgIpc) is 3.12. The summed E-state index contributed by atoms with van der Waals surface area (Å²) in [4.78, 5) is 0. The maximum atomic E-state index is 2.28. The molecule has 0 aromatic heterocycles. The van der Waals surface area contributed by atoms with Crippen LogP contribution >= 0.6 is 0 Å². The third-order valence-corrected chi connectivity index (χ3v) is 8.82. The highest BCUT2D eigenvalue weighted by Gasteiger charge is 2.04. The van der Waals surface area contributed by atoms with Crippen LogP contribution in [-0.4, -0.2) is 0 Å². The molecule has 0 bridgehead atoms. The van der Waals surface area contributed by atoms with Gasteiger partial charge in [-0.2, -0.15) is 0 Å². The second-order valence-corrected chi connectivity index (χ2v) is 12.3. The summed E-state index contributed by atoms with van der Waals surface area (Å²) in [6, 6.07) is 66.4. The maximum Gasteiger partial charge on any atom is -0.00258 e. The summed E-state index contributed by atoms with van der Waals surface area (Å²) >= 11 is 0. The Morgan fingerprint density at radius 1 is 0.174 bits per heavy atom. The van der Waals surface area contributed by atoms with E-state index in [4.69, 9.17) is 0 Å². The molecule has 0 unspecified atom stereocenters. The van der Waals surface area contributed by atoms with Crippen molar-refractivity contribution in [3.05, 3.63) is 226 Å². The maximum absolute atomic E-state index is 2.28. The predicted octanol–water partition coefficient (Wildman–Crippen LogP) is 11.4. The SMILES string of the molecule is c1ccc(Cc2ccc(-c3ccc(Cc4ccc(Cc5ccc(-c6ccc(Cc7ccccc7)cc6)cc5)cc4)cc3)cc2)cc1. The van der Waals surface area contributed by atoms with Gasteiger partial charge in [0.2, 0.25) is 0 Å². The van der Waals surface area contributed by atoms with Crippen molar-refractivity contribution in [3.8, 4) is 22.3 Å². The molecule has 7 rings (SSSR count). The molecule has 222 valence electrons. The van der Waals surface area contributed by atoms with E-state index in [0.29, 0.717) is 0 Å². The van der Waals surface area contributed by atoms with Crippen molar-refractivity contribution in [1.29, 1.82) is 0 Å². The Hall–Kier alpha value is -5.46. The normalized spacial score (nSPS) is 11.0. The molecule has 0 aliphatic heterocycles. The Bertz CT molecular complexity index is 1800. The van der Waals surface area contributed by atoms with E-state index < -0.39 is 0 Å². The van der Waals surface area contributed by atoms with Crippen LogP contribution in [0.25, 0.3) is 22.3 Å². The molecule has 0 aliphatic carbocycles. The topological polar surface area (TPSA) is 0 Å². The van der Waals surface area contributed by atoms with Gasteiger partial charge in [0.05, 0.1) is 0 Å². The third kappa shape index (κ3) is 7.60. The van der Waals surface area contributed by atoms with Crippen molar-refractivity contribution < 1.29 is 0 Å². The molecule has 0 aliphatic rings. The van der Waals surface area contributed by atoms with Crippen LogP contribution < -0.4 is 0 Å². The fraction of sp³-hybridized carbons (Fsp3) is 0.0870. The average molecular weight is 591 g/mol. The molecule has 0 atom stereocenters. The second-order valence-electron chi connectivity index (χ2n) is 12.3. The van der Waals surface area contributed by atoms with E-state index in [2.05, 4.69) is 182 Å². The highest BCUT2D eigenvalue weighted by atomic mass is 14.1. The second kappa shape index (κ2) is 14.1. The lowest BCUT2D eigenvalue weighted by atomic mass is 9.96. The van der Waals surface area contributed by atoms with Gasteiger partial charge in [-0.15, -0.1) is 0 Å². The van der Waals surface area contributed by atoms with Crippen molar-refractivity contribution in [2.24, 2.45) is 0 Å². The van der Waals surface area contributed by atoms with Crippen molar-refractivity contribution in [3.63, 3.8) is 0 Å². The lowest BCUT2D eigenvalue weighted by Gasteiger charge is -2.09. The first-order chi connectivity index (χ1) is 22.7. The van der Waals surface area contributed by atoms with Gasteiger partial charge in [0.25, 0.3) is 0 Å². The molecule has 0 nitrogen and oxygen atoms in total. The predicted molar refractivity (Wildman–Crippen MR) is 194 cm³/mol. The molecule has 0 amide bonds. The number of rotatable bonds is 10. The van der Waals surface area contributed by atoms with E-state index in [1.54, 1.807) is 0 Å². The van der Waals surface area contributed by atoms with E-state index >= 15 is 0 Å².